The standard InChI is InChI=1S/C27H29N3O4/c1-4-33-27(32)21-11-8-14-30(17-21)26(31)23-16-28-24(20-9-6-5-7-10-20)29-25(23)34-22-13-12-18(2)19(3)15-22/h5-7,9-10,12-13,15-16,21H,4,8,11,14,17H2,1-3H3. The largest absolute Gasteiger partial charge is 0.466 e. The van der Waals surface area contributed by atoms with Crippen LogP contribution in [-0.2, 0) is 9.53 Å². The van der Waals surface area contributed by atoms with Crippen molar-refractivity contribution >= 4 is 11.9 Å². The number of benzene rings is 2. The van der Waals surface area contributed by atoms with E-state index in [0.29, 0.717) is 37.7 Å². The van der Waals surface area contributed by atoms with Crippen LogP contribution >= 0.6 is 0 Å². The number of carbonyl (C=O) groups is 2. The molecule has 1 atom stereocenters. The maximum absolute atomic E-state index is 13.5. The van der Waals surface area contributed by atoms with Crippen LogP contribution in [0.2, 0.25) is 0 Å². The van der Waals surface area contributed by atoms with Crippen LogP contribution in [0.25, 0.3) is 11.4 Å². The number of aromatic nitrogens is 2. The molecule has 0 saturated carbocycles. The fourth-order valence-electron chi connectivity index (χ4n) is 3.99. The minimum absolute atomic E-state index is 0.195. The number of carbonyl (C=O) groups excluding carboxylic acids is 2. The van der Waals surface area contributed by atoms with Crippen molar-refractivity contribution in [3.8, 4) is 23.0 Å². The molecule has 1 saturated heterocycles. The topological polar surface area (TPSA) is 81.6 Å². The third-order valence-corrected chi connectivity index (χ3v) is 6.04. The minimum Gasteiger partial charge on any atom is -0.466 e. The van der Waals surface area contributed by atoms with Gasteiger partial charge in [0.1, 0.15) is 11.3 Å². The fraction of sp³-hybridized carbons (Fsp3) is 0.333. The molecule has 1 amide bonds. The molecule has 176 valence electrons. The van der Waals surface area contributed by atoms with Crippen molar-refractivity contribution in [1.29, 1.82) is 0 Å². The Balaban J connectivity index is 1.67. The number of likely N-dealkylation sites (tertiary alicyclic amines) is 1. The second-order valence-corrected chi connectivity index (χ2v) is 8.47. The van der Waals surface area contributed by atoms with Crippen molar-refractivity contribution < 1.29 is 19.1 Å². The highest BCUT2D eigenvalue weighted by Gasteiger charge is 2.31. The van der Waals surface area contributed by atoms with Gasteiger partial charge < -0.3 is 14.4 Å². The van der Waals surface area contributed by atoms with Gasteiger partial charge in [0.2, 0.25) is 5.88 Å². The number of esters is 1. The molecule has 7 nitrogen and oxygen atoms in total. The number of ether oxygens (including phenoxy) is 2. The summed E-state index contributed by atoms with van der Waals surface area (Å²) >= 11 is 0. The van der Waals surface area contributed by atoms with Crippen LogP contribution < -0.4 is 4.74 Å². The lowest BCUT2D eigenvalue weighted by molar-refractivity contribution is -0.149. The predicted molar refractivity (Wildman–Crippen MR) is 129 cm³/mol. The zero-order valence-electron chi connectivity index (χ0n) is 19.8. The molecular weight excluding hydrogens is 430 g/mol. The molecule has 2 aromatic carbocycles. The van der Waals surface area contributed by atoms with Gasteiger partial charge in [0.15, 0.2) is 5.82 Å². The Morgan fingerprint density at radius 2 is 1.88 bits per heavy atom. The number of aryl methyl sites for hydroxylation is 2. The van der Waals surface area contributed by atoms with Crippen molar-refractivity contribution in [1.82, 2.24) is 14.9 Å². The predicted octanol–water partition coefficient (Wildman–Crippen LogP) is 4.97. The molecule has 1 aromatic heterocycles. The van der Waals surface area contributed by atoms with Crippen molar-refractivity contribution in [2.45, 2.75) is 33.6 Å². The van der Waals surface area contributed by atoms with E-state index in [9.17, 15) is 9.59 Å². The summed E-state index contributed by atoms with van der Waals surface area (Å²) in [5.74, 6) is 0.415. The molecule has 0 spiro atoms. The molecule has 1 fully saturated rings. The molecule has 7 heteroatoms. The zero-order valence-corrected chi connectivity index (χ0v) is 19.8. The number of hydrogen-bond donors (Lipinski definition) is 0. The average Bonchev–Trinajstić information content (AvgIpc) is 2.86. The summed E-state index contributed by atoms with van der Waals surface area (Å²) in [5.41, 5.74) is 3.32. The molecule has 2 heterocycles. The molecule has 3 aromatic rings. The monoisotopic (exact) mass is 459 g/mol. The first-order valence-corrected chi connectivity index (χ1v) is 11.6. The highest BCUT2D eigenvalue weighted by Crippen LogP contribution is 2.29. The van der Waals surface area contributed by atoms with E-state index in [4.69, 9.17) is 9.47 Å². The normalized spacial score (nSPS) is 15.6. The van der Waals surface area contributed by atoms with E-state index in [1.165, 1.54) is 6.20 Å². The lowest BCUT2D eigenvalue weighted by Crippen LogP contribution is -2.43. The van der Waals surface area contributed by atoms with Gasteiger partial charge in [-0.25, -0.2) is 4.98 Å². The molecule has 1 unspecified atom stereocenters. The van der Waals surface area contributed by atoms with E-state index in [1.807, 2.05) is 62.4 Å². The third kappa shape index (κ3) is 5.25. The summed E-state index contributed by atoms with van der Waals surface area (Å²) in [4.78, 5) is 36.5. The Morgan fingerprint density at radius 1 is 1.09 bits per heavy atom. The number of hydrogen-bond acceptors (Lipinski definition) is 6. The first-order valence-electron chi connectivity index (χ1n) is 11.6. The van der Waals surface area contributed by atoms with Crippen LogP contribution in [0, 0.1) is 19.8 Å². The first-order chi connectivity index (χ1) is 16.5. The van der Waals surface area contributed by atoms with E-state index in [0.717, 1.165) is 23.1 Å². The van der Waals surface area contributed by atoms with Gasteiger partial charge in [-0.15, -0.1) is 0 Å². The lowest BCUT2D eigenvalue weighted by Gasteiger charge is -2.31. The maximum Gasteiger partial charge on any atom is 0.310 e. The van der Waals surface area contributed by atoms with Gasteiger partial charge in [-0.3, -0.25) is 9.59 Å². The minimum atomic E-state index is -0.328. The molecule has 0 radical (unpaired) electrons. The summed E-state index contributed by atoms with van der Waals surface area (Å²) in [6, 6.07) is 15.3. The summed E-state index contributed by atoms with van der Waals surface area (Å²) in [7, 11) is 0. The van der Waals surface area contributed by atoms with Crippen LogP contribution in [-0.4, -0.2) is 46.4 Å². The molecule has 4 rings (SSSR count). The fourth-order valence-corrected chi connectivity index (χ4v) is 3.99. The van der Waals surface area contributed by atoms with Crippen molar-refractivity contribution in [2.75, 3.05) is 19.7 Å². The van der Waals surface area contributed by atoms with Gasteiger partial charge in [-0.1, -0.05) is 36.4 Å². The second-order valence-electron chi connectivity index (χ2n) is 8.47. The molecule has 0 aliphatic carbocycles. The summed E-state index contributed by atoms with van der Waals surface area (Å²) in [6.45, 7) is 7.01. The number of nitrogens with zero attached hydrogens (tertiary/aromatic N) is 3. The summed E-state index contributed by atoms with van der Waals surface area (Å²) in [6.07, 6.45) is 2.95. The Hall–Kier alpha value is -3.74. The number of piperidine rings is 1. The van der Waals surface area contributed by atoms with E-state index < -0.39 is 0 Å². The zero-order chi connectivity index (χ0) is 24.1. The van der Waals surface area contributed by atoms with Gasteiger partial charge in [-0.05, 0) is 56.9 Å². The smallest absolute Gasteiger partial charge is 0.310 e. The van der Waals surface area contributed by atoms with Crippen LogP contribution in [0.15, 0.2) is 54.7 Å². The first kappa shape index (κ1) is 23.4. The lowest BCUT2D eigenvalue weighted by atomic mass is 9.97. The van der Waals surface area contributed by atoms with Crippen LogP contribution in [0.1, 0.15) is 41.3 Å². The van der Waals surface area contributed by atoms with Gasteiger partial charge in [0.05, 0.1) is 12.5 Å². The molecular formula is C27H29N3O4. The molecule has 0 bridgehead atoms. The van der Waals surface area contributed by atoms with Gasteiger partial charge in [0.25, 0.3) is 5.91 Å². The molecule has 1 aliphatic heterocycles. The summed E-state index contributed by atoms with van der Waals surface area (Å²) < 4.78 is 11.3. The molecule has 34 heavy (non-hydrogen) atoms. The van der Waals surface area contributed by atoms with E-state index in [1.54, 1.807) is 11.8 Å². The van der Waals surface area contributed by atoms with Crippen molar-refractivity contribution in [3.05, 3.63) is 71.4 Å². The molecule has 0 N–H and O–H groups in total. The van der Waals surface area contributed by atoms with Gasteiger partial charge in [0, 0.05) is 24.8 Å². The van der Waals surface area contributed by atoms with Crippen molar-refractivity contribution in [2.24, 2.45) is 5.92 Å². The maximum atomic E-state index is 13.5. The highest BCUT2D eigenvalue weighted by atomic mass is 16.5. The van der Waals surface area contributed by atoms with E-state index in [-0.39, 0.29) is 29.2 Å². The highest BCUT2D eigenvalue weighted by molar-refractivity contribution is 5.96. The Bertz CT molecular complexity index is 1180. The third-order valence-electron chi connectivity index (χ3n) is 6.04. The second kappa shape index (κ2) is 10.5. The van der Waals surface area contributed by atoms with Crippen LogP contribution in [0.3, 0.4) is 0 Å². The molecule has 1 aliphatic rings. The summed E-state index contributed by atoms with van der Waals surface area (Å²) in [5, 5.41) is 0. The van der Waals surface area contributed by atoms with E-state index >= 15 is 0 Å². The SMILES string of the molecule is CCOC(=O)C1CCCN(C(=O)c2cnc(-c3ccccc3)nc2Oc2ccc(C)c(C)c2)C1. The van der Waals surface area contributed by atoms with Crippen LogP contribution in [0.4, 0.5) is 0 Å². The van der Waals surface area contributed by atoms with E-state index in [2.05, 4.69) is 9.97 Å². The Kier molecular flexibility index (Phi) is 7.21. The average molecular weight is 460 g/mol. The number of amides is 1. The van der Waals surface area contributed by atoms with Gasteiger partial charge in [-0.2, -0.15) is 4.98 Å². The van der Waals surface area contributed by atoms with Gasteiger partial charge >= 0.3 is 5.97 Å². The quantitative estimate of drug-likeness (QED) is 0.484. The Labute approximate surface area is 199 Å². The Morgan fingerprint density at radius 3 is 2.62 bits per heavy atom. The van der Waals surface area contributed by atoms with Crippen LogP contribution in [0.5, 0.6) is 11.6 Å². The number of rotatable bonds is 6. The van der Waals surface area contributed by atoms with Crippen molar-refractivity contribution in [3.63, 3.8) is 0 Å².